The highest BCUT2D eigenvalue weighted by Gasteiger charge is 2.25. The van der Waals surface area contributed by atoms with E-state index in [0.29, 0.717) is 6.42 Å². The number of phosphoric acid groups is 1. The molecule has 0 aliphatic carbocycles. The molecule has 0 aliphatic rings. The summed E-state index contributed by atoms with van der Waals surface area (Å²) in [5.74, 6) is -0.367. The number of phosphoric ester groups is 1. The number of nitrogens with two attached hydrogens (primary N) is 1. The molecule has 0 fully saturated rings. The number of allylic oxidation sites excluding steroid dienone is 5. The lowest BCUT2D eigenvalue weighted by Gasteiger charge is -2.19. The maximum atomic E-state index is 12.5. The van der Waals surface area contributed by atoms with Crippen molar-refractivity contribution in [3.8, 4) is 0 Å². The third-order valence-corrected chi connectivity index (χ3v) is 8.58. The lowest BCUT2D eigenvalue weighted by atomic mass is 10.1. The van der Waals surface area contributed by atoms with Gasteiger partial charge >= 0.3 is 13.8 Å². The zero-order valence-electron chi connectivity index (χ0n) is 29.6. The number of carbonyl (C=O) groups is 1. The molecule has 0 bridgehead atoms. The zero-order valence-corrected chi connectivity index (χ0v) is 30.4. The van der Waals surface area contributed by atoms with Crippen LogP contribution in [0.25, 0.3) is 0 Å². The molecule has 270 valence electrons. The summed E-state index contributed by atoms with van der Waals surface area (Å²) < 4.78 is 33.0. The van der Waals surface area contributed by atoms with Crippen LogP contribution < -0.4 is 5.73 Å². The summed E-state index contributed by atoms with van der Waals surface area (Å²) in [6.07, 6.45) is 38.2. The summed E-state index contributed by atoms with van der Waals surface area (Å²) >= 11 is 0. The second-order valence-corrected chi connectivity index (χ2v) is 13.6. The van der Waals surface area contributed by atoms with Crippen molar-refractivity contribution in [1.82, 2.24) is 0 Å². The normalized spacial score (nSPS) is 14.0. The summed E-state index contributed by atoms with van der Waals surface area (Å²) in [5, 5.41) is 0. The molecular formula is C37H70NO7P. The fourth-order valence-corrected chi connectivity index (χ4v) is 5.58. The molecule has 0 aliphatic heterocycles. The van der Waals surface area contributed by atoms with E-state index in [1.165, 1.54) is 96.3 Å². The van der Waals surface area contributed by atoms with Gasteiger partial charge in [0, 0.05) is 13.0 Å². The molecule has 0 radical (unpaired) electrons. The predicted molar refractivity (Wildman–Crippen MR) is 192 cm³/mol. The average Bonchev–Trinajstić information content (AvgIpc) is 3.04. The van der Waals surface area contributed by atoms with Crippen molar-refractivity contribution in [2.45, 2.75) is 168 Å². The van der Waals surface area contributed by atoms with Crippen LogP contribution in [0.1, 0.15) is 162 Å². The van der Waals surface area contributed by atoms with Gasteiger partial charge in [-0.3, -0.25) is 13.8 Å². The number of carbonyl (C=O) groups excluding carboxylic acids is 1. The highest BCUT2D eigenvalue weighted by molar-refractivity contribution is 7.47. The molecule has 0 amide bonds. The Bertz CT molecular complexity index is 803. The first-order valence-electron chi connectivity index (χ1n) is 18.5. The molecule has 0 aromatic heterocycles. The molecule has 0 heterocycles. The monoisotopic (exact) mass is 671 g/mol. The van der Waals surface area contributed by atoms with E-state index >= 15 is 0 Å². The minimum atomic E-state index is -4.29. The van der Waals surface area contributed by atoms with Crippen LogP contribution in [0.3, 0.4) is 0 Å². The summed E-state index contributed by atoms with van der Waals surface area (Å²) in [7, 11) is -4.29. The van der Waals surface area contributed by atoms with Crippen molar-refractivity contribution < 1.29 is 32.8 Å². The lowest BCUT2D eigenvalue weighted by Crippen LogP contribution is -2.27. The molecule has 0 saturated heterocycles. The van der Waals surface area contributed by atoms with Gasteiger partial charge in [0.2, 0.25) is 0 Å². The van der Waals surface area contributed by atoms with Gasteiger partial charge in [-0.15, -0.1) is 0 Å². The number of unbranched alkanes of at least 4 members (excludes halogenated alkanes) is 18. The van der Waals surface area contributed by atoms with Gasteiger partial charge in [-0.1, -0.05) is 115 Å². The first kappa shape index (κ1) is 44.6. The fourth-order valence-electron chi connectivity index (χ4n) is 4.82. The molecule has 1 unspecified atom stereocenters. The number of hydrogen-bond donors (Lipinski definition) is 2. The summed E-state index contributed by atoms with van der Waals surface area (Å²) in [6.45, 7) is 4.16. The van der Waals surface area contributed by atoms with Crippen LogP contribution in [0.2, 0.25) is 0 Å². The molecule has 2 atom stereocenters. The molecule has 0 rings (SSSR count). The van der Waals surface area contributed by atoms with E-state index in [4.69, 9.17) is 24.3 Å². The second-order valence-electron chi connectivity index (χ2n) is 12.1. The molecule has 0 saturated carbocycles. The molecule has 0 aromatic rings. The van der Waals surface area contributed by atoms with Gasteiger partial charge in [-0.25, -0.2) is 4.57 Å². The van der Waals surface area contributed by atoms with Crippen LogP contribution in [-0.4, -0.2) is 43.3 Å². The van der Waals surface area contributed by atoms with Crippen LogP contribution in [0.15, 0.2) is 36.6 Å². The van der Waals surface area contributed by atoms with Gasteiger partial charge in [-0.2, -0.15) is 0 Å². The molecule has 3 N–H and O–H groups in total. The van der Waals surface area contributed by atoms with E-state index in [1.54, 1.807) is 6.26 Å². The van der Waals surface area contributed by atoms with Gasteiger partial charge in [0.05, 0.1) is 19.5 Å². The fraction of sp³-hybridized carbons (Fsp3) is 0.811. The van der Waals surface area contributed by atoms with Crippen molar-refractivity contribution in [3.63, 3.8) is 0 Å². The number of esters is 1. The minimum Gasteiger partial charge on any atom is -0.498 e. The van der Waals surface area contributed by atoms with Gasteiger partial charge in [0.15, 0.2) is 6.10 Å². The summed E-state index contributed by atoms with van der Waals surface area (Å²) in [4.78, 5) is 22.3. The third kappa shape index (κ3) is 33.9. The smallest absolute Gasteiger partial charge is 0.472 e. The summed E-state index contributed by atoms with van der Waals surface area (Å²) in [5.41, 5.74) is 5.34. The van der Waals surface area contributed by atoms with Crippen molar-refractivity contribution in [3.05, 3.63) is 36.6 Å². The number of rotatable bonds is 35. The Hall–Kier alpha value is -1.44. The maximum absolute atomic E-state index is 12.5. The Morgan fingerprint density at radius 3 is 1.67 bits per heavy atom. The van der Waals surface area contributed by atoms with Crippen LogP contribution in [0, 0.1) is 0 Å². The third-order valence-electron chi connectivity index (χ3n) is 7.59. The lowest BCUT2D eigenvalue weighted by molar-refractivity contribution is -0.153. The van der Waals surface area contributed by atoms with Gasteiger partial charge < -0.3 is 20.1 Å². The SMILES string of the molecule is CCCC/C=C\CCCCCCCC(=O)O[C@H](CO/C=C\CCCCCCCC/C=C\CCCCCC)COP(=O)(O)OCCN. The molecule has 0 aromatic carbocycles. The Labute approximate surface area is 282 Å². The second kappa shape index (κ2) is 34.9. The van der Waals surface area contributed by atoms with E-state index in [2.05, 4.69) is 38.2 Å². The standard InChI is InChI=1S/C37H70NO7P/c1-3-5-7-9-11-13-15-16-17-18-19-21-23-25-27-29-32-42-34-36(35-44-46(40,41)43-33-31-38)45-37(39)30-28-26-24-22-20-14-12-10-8-6-4-2/h10,12-13,15,29,32,36H,3-9,11,14,16-28,30-31,33-35,38H2,1-2H3,(H,40,41)/b12-10-,15-13-,32-29-/t36-/m1/s1. The van der Waals surface area contributed by atoms with Crippen molar-refractivity contribution in [2.75, 3.05) is 26.4 Å². The molecule has 0 spiro atoms. The number of hydrogen-bond acceptors (Lipinski definition) is 7. The molecule has 8 nitrogen and oxygen atoms in total. The first-order chi connectivity index (χ1) is 22.4. The first-order valence-corrected chi connectivity index (χ1v) is 20.0. The topological polar surface area (TPSA) is 117 Å². The Morgan fingerprint density at radius 1 is 0.652 bits per heavy atom. The van der Waals surface area contributed by atoms with Crippen LogP contribution in [-0.2, 0) is 27.9 Å². The largest absolute Gasteiger partial charge is 0.498 e. The van der Waals surface area contributed by atoms with E-state index in [1.807, 2.05) is 6.08 Å². The Morgan fingerprint density at radius 2 is 1.13 bits per heavy atom. The Balaban J connectivity index is 4.16. The van der Waals surface area contributed by atoms with Gasteiger partial charge in [-0.05, 0) is 70.3 Å². The maximum Gasteiger partial charge on any atom is 0.472 e. The van der Waals surface area contributed by atoms with E-state index in [-0.39, 0.29) is 32.3 Å². The minimum absolute atomic E-state index is 0.0259. The van der Waals surface area contributed by atoms with Crippen molar-refractivity contribution in [2.24, 2.45) is 5.73 Å². The average molecular weight is 672 g/mol. The van der Waals surface area contributed by atoms with Crippen molar-refractivity contribution >= 4 is 13.8 Å². The highest BCUT2D eigenvalue weighted by Crippen LogP contribution is 2.43. The van der Waals surface area contributed by atoms with E-state index < -0.39 is 13.9 Å². The molecule has 46 heavy (non-hydrogen) atoms. The van der Waals surface area contributed by atoms with Crippen LogP contribution in [0.4, 0.5) is 0 Å². The van der Waals surface area contributed by atoms with Crippen LogP contribution >= 0.6 is 7.82 Å². The summed E-state index contributed by atoms with van der Waals surface area (Å²) in [6, 6.07) is 0. The zero-order chi connectivity index (χ0) is 33.8. The Kier molecular flexibility index (Phi) is 33.8. The van der Waals surface area contributed by atoms with E-state index in [9.17, 15) is 14.3 Å². The quantitative estimate of drug-likeness (QED) is 0.0225. The van der Waals surface area contributed by atoms with Gasteiger partial charge in [0.1, 0.15) is 6.61 Å². The predicted octanol–water partition coefficient (Wildman–Crippen LogP) is 10.6. The molecular weight excluding hydrogens is 601 g/mol. The van der Waals surface area contributed by atoms with Crippen molar-refractivity contribution in [1.29, 1.82) is 0 Å². The van der Waals surface area contributed by atoms with Crippen LogP contribution in [0.5, 0.6) is 0 Å². The molecule has 9 heteroatoms. The van der Waals surface area contributed by atoms with Gasteiger partial charge in [0.25, 0.3) is 0 Å². The number of ether oxygens (including phenoxy) is 2. The highest BCUT2D eigenvalue weighted by atomic mass is 31.2. The van der Waals surface area contributed by atoms with E-state index in [0.717, 1.165) is 44.9 Å².